The van der Waals surface area contributed by atoms with Gasteiger partial charge in [-0.3, -0.25) is 9.08 Å². The molecule has 164 valence electrons. The molecular weight excluding hydrogens is 413 g/mol. The van der Waals surface area contributed by atoms with Crippen molar-refractivity contribution >= 4 is 11.5 Å². The lowest BCUT2D eigenvalue weighted by molar-refractivity contribution is 0.249. The van der Waals surface area contributed by atoms with Gasteiger partial charge in [0.05, 0.1) is 30.5 Å². The number of nitrogens with zero attached hydrogens (tertiary/aromatic N) is 5. The van der Waals surface area contributed by atoms with Crippen molar-refractivity contribution in [2.75, 3.05) is 25.1 Å². The highest BCUT2D eigenvalue weighted by Crippen LogP contribution is 2.41. The second kappa shape index (κ2) is 7.20. The summed E-state index contributed by atoms with van der Waals surface area (Å²) in [6.07, 6.45) is 2.32. The number of nitrogens with one attached hydrogen (secondary N) is 1. The fourth-order valence-corrected chi connectivity index (χ4v) is 4.62. The van der Waals surface area contributed by atoms with E-state index in [0.29, 0.717) is 55.5 Å². The molecule has 0 saturated carbocycles. The summed E-state index contributed by atoms with van der Waals surface area (Å²) in [4.78, 5) is 0. The maximum atomic E-state index is 14.7. The van der Waals surface area contributed by atoms with E-state index in [9.17, 15) is 4.39 Å². The van der Waals surface area contributed by atoms with Gasteiger partial charge in [-0.15, -0.1) is 10.2 Å². The number of aromatic nitrogens is 5. The number of anilines is 1. The third kappa shape index (κ3) is 2.83. The fraction of sp³-hybridized carbons (Fsp3) is 0.318. The van der Waals surface area contributed by atoms with Crippen molar-refractivity contribution in [1.29, 1.82) is 0 Å². The summed E-state index contributed by atoms with van der Waals surface area (Å²) in [5, 5.41) is 16.4. The van der Waals surface area contributed by atoms with Crippen molar-refractivity contribution in [3.63, 3.8) is 0 Å². The Kier molecular flexibility index (Phi) is 4.29. The van der Waals surface area contributed by atoms with Crippen molar-refractivity contribution in [3.8, 4) is 22.8 Å². The van der Waals surface area contributed by atoms with Crippen LogP contribution >= 0.6 is 0 Å². The largest absolute Gasteiger partial charge is 0.493 e. The molecule has 2 aliphatic rings. The molecule has 0 radical (unpaired) electrons. The molecular formula is C22H22FN7O2. The number of nitrogens with two attached hydrogens (primary N) is 1. The van der Waals surface area contributed by atoms with Gasteiger partial charge in [-0.1, -0.05) is 0 Å². The van der Waals surface area contributed by atoms with Crippen LogP contribution in [0.25, 0.3) is 16.9 Å². The van der Waals surface area contributed by atoms with Gasteiger partial charge in [0.2, 0.25) is 0 Å². The number of halogens is 1. The first-order valence-electron chi connectivity index (χ1n) is 10.5. The predicted octanol–water partition coefficient (Wildman–Crippen LogP) is 2.25. The van der Waals surface area contributed by atoms with Crippen molar-refractivity contribution in [3.05, 3.63) is 53.2 Å². The monoisotopic (exact) mass is 435 g/mol. The Balaban J connectivity index is 1.49. The lowest BCUT2D eigenvalue weighted by atomic mass is 9.96. The van der Waals surface area contributed by atoms with E-state index < -0.39 is 0 Å². The SMILES string of the molecule is Cn1nc(CCN)cc1-c1cc2c(n3cnnc13)NCc1c(F)ccc3c1[C@H](CO3)CO2. The average molecular weight is 435 g/mol. The standard InChI is InChI=1S/C22H22FN7O2/c1-29-17(6-13(28-29)4-5-24)14-7-19-22(30-11-26-27-21(14)30)25-8-15-16(23)2-3-18-20(15)12(9-31-18)10-32-19/h2-3,6-7,11-12,25H,4-5,8-10,24H2,1H3/t12-/m1/s1. The van der Waals surface area contributed by atoms with Crippen molar-refractivity contribution in [2.24, 2.45) is 12.8 Å². The lowest BCUT2D eigenvalue weighted by Gasteiger charge is -2.16. The summed E-state index contributed by atoms with van der Waals surface area (Å²) in [5.74, 6) is 1.73. The van der Waals surface area contributed by atoms with Gasteiger partial charge in [-0.25, -0.2) is 4.39 Å². The third-order valence-electron chi connectivity index (χ3n) is 6.13. The number of aryl methyl sites for hydroxylation is 1. The van der Waals surface area contributed by atoms with E-state index in [-0.39, 0.29) is 11.7 Å². The molecule has 1 aromatic carbocycles. The third-order valence-corrected chi connectivity index (χ3v) is 6.13. The zero-order chi connectivity index (χ0) is 21.8. The summed E-state index contributed by atoms with van der Waals surface area (Å²) >= 11 is 0. The minimum atomic E-state index is -0.255. The predicted molar refractivity (Wildman–Crippen MR) is 115 cm³/mol. The van der Waals surface area contributed by atoms with Crippen LogP contribution in [0.5, 0.6) is 11.5 Å². The molecule has 0 bridgehead atoms. The van der Waals surface area contributed by atoms with E-state index in [1.807, 2.05) is 28.3 Å². The Morgan fingerprint density at radius 2 is 2.06 bits per heavy atom. The molecule has 4 aromatic rings. The van der Waals surface area contributed by atoms with Gasteiger partial charge in [0.1, 0.15) is 17.9 Å². The number of pyridine rings is 1. The van der Waals surface area contributed by atoms with E-state index in [2.05, 4.69) is 20.6 Å². The number of rotatable bonds is 3. The summed E-state index contributed by atoms with van der Waals surface area (Å²) < 4.78 is 30.5. The molecule has 0 fully saturated rings. The molecule has 10 heteroatoms. The summed E-state index contributed by atoms with van der Waals surface area (Å²) in [6, 6.07) is 7.10. The Labute approximate surface area is 183 Å². The van der Waals surface area contributed by atoms with Crippen LogP contribution in [0.3, 0.4) is 0 Å². The second-order valence-corrected chi connectivity index (χ2v) is 8.09. The van der Waals surface area contributed by atoms with Crippen LogP contribution in [0.1, 0.15) is 22.7 Å². The van der Waals surface area contributed by atoms with Crippen LogP contribution < -0.4 is 20.5 Å². The first-order chi connectivity index (χ1) is 15.6. The number of hydrogen-bond acceptors (Lipinski definition) is 7. The zero-order valence-electron chi connectivity index (χ0n) is 17.5. The van der Waals surface area contributed by atoms with Crippen molar-refractivity contribution < 1.29 is 13.9 Å². The molecule has 3 aromatic heterocycles. The van der Waals surface area contributed by atoms with Crippen molar-refractivity contribution in [2.45, 2.75) is 18.9 Å². The highest BCUT2D eigenvalue weighted by Gasteiger charge is 2.31. The molecule has 6 rings (SSSR count). The number of ether oxygens (including phenoxy) is 2. The van der Waals surface area contributed by atoms with Crippen LogP contribution in [-0.2, 0) is 20.0 Å². The summed E-state index contributed by atoms with van der Waals surface area (Å²) in [5.41, 5.74) is 10.5. The molecule has 9 nitrogen and oxygen atoms in total. The number of hydrogen-bond donors (Lipinski definition) is 2. The average Bonchev–Trinajstić information content (AvgIpc) is 3.50. The van der Waals surface area contributed by atoms with Crippen molar-refractivity contribution in [1.82, 2.24) is 24.4 Å². The van der Waals surface area contributed by atoms with Gasteiger partial charge in [-0.2, -0.15) is 5.10 Å². The Hall–Kier alpha value is -3.66. The van der Waals surface area contributed by atoms with Gasteiger partial charge in [0.15, 0.2) is 17.2 Å². The summed E-state index contributed by atoms with van der Waals surface area (Å²) in [7, 11) is 1.89. The fourth-order valence-electron chi connectivity index (χ4n) is 4.62. The van der Waals surface area contributed by atoms with Crippen LogP contribution in [0.2, 0.25) is 0 Å². The Bertz CT molecular complexity index is 1350. The maximum Gasteiger partial charge on any atom is 0.171 e. The summed E-state index contributed by atoms with van der Waals surface area (Å²) in [6.45, 7) is 1.66. The van der Waals surface area contributed by atoms with Crippen LogP contribution in [0.4, 0.5) is 10.2 Å². The minimum absolute atomic E-state index is 0.0450. The number of benzene rings is 1. The van der Waals surface area contributed by atoms with Gasteiger partial charge in [-0.05, 0) is 30.8 Å². The minimum Gasteiger partial charge on any atom is -0.493 e. The van der Waals surface area contributed by atoms with E-state index in [1.165, 1.54) is 6.07 Å². The zero-order valence-corrected chi connectivity index (χ0v) is 17.5. The van der Waals surface area contributed by atoms with Crippen LogP contribution in [-0.4, -0.2) is 44.1 Å². The second-order valence-electron chi connectivity index (χ2n) is 8.09. The topological polar surface area (TPSA) is 105 Å². The van der Waals surface area contributed by atoms with Crippen LogP contribution in [0.15, 0.2) is 30.6 Å². The molecule has 1 atom stereocenters. The molecule has 0 spiro atoms. The Morgan fingerprint density at radius 3 is 2.91 bits per heavy atom. The smallest absolute Gasteiger partial charge is 0.171 e. The number of fused-ring (bicyclic) bond motifs is 3. The lowest BCUT2D eigenvalue weighted by Crippen LogP contribution is -2.13. The van der Waals surface area contributed by atoms with E-state index in [4.69, 9.17) is 15.2 Å². The Morgan fingerprint density at radius 1 is 1.22 bits per heavy atom. The molecule has 0 amide bonds. The van der Waals surface area contributed by atoms with Gasteiger partial charge in [0.25, 0.3) is 0 Å². The van der Waals surface area contributed by atoms with E-state index in [0.717, 1.165) is 28.3 Å². The molecule has 0 aliphatic carbocycles. The van der Waals surface area contributed by atoms with Gasteiger partial charge >= 0.3 is 0 Å². The first kappa shape index (κ1) is 19.1. The van der Waals surface area contributed by atoms with E-state index in [1.54, 1.807) is 12.4 Å². The molecule has 3 N–H and O–H groups in total. The maximum absolute atomic E-state index is 14.7. The van der Waals surface area contributed by atoms with E-state index >= 15 is 0 Å². The quantitative estimate of drug-likeness (QED) is 0.509. The molecule has 0 unspecified atom stereocenters. The molecule has 2 aliphatic heterocycles. The first-order valence-corrected chi connectivity index (χ1v) is 10.5. The normalized spacial score (nSPS) is 16.9. The van der Waals surface area contributed by atoms with Gasteiger partial charge < -0.3 is 20.5 Å². The highest BCUT2D eigenvalue weighted by atomic mass is 19.1. The molecule has 5 heterocycles. The highest BCUT2D eigenvalue weighted by molar-refractivity contribution is 5.80. The molecule has 0 saturated heterocycles. The molecule has 32 heavy (non-hydrogen) atoms. The van der Waals surface area contributed by atoms with Crippen LogP contribution in [0, 0.1) is 5.82 Å². The van der Waals surface area contributed by atoms with Gasteiger partial charge in [0, 0.05) is 36.7 Å².